The van der Waals surface area contributed by atoms with E-state index in [0.29, 0.717) is 26.8 Å². The summed E-state index contributed by atoms with van der Waals surface area (Å²) in [6, 6.07) is 13.8. The fraction of sp³-hybridized carbons (Fsp3) is 0.263. The molecule has 136 valence electrons. The van der Waals surface area contributed by atoms with Crippen LogP contribution in [-0.2, 0) is 11.2 Å². The van der Waals surface area contributed by atoms with Crippen LogP contribution in [0, 0.1) is 0 Å². The molecule has 3 aromatic rings. The lowest BCUT2D eigenvalue weighted by Crippen LogP contribution is -2.12. The first-order chi connectivity index (χ1) is 12.3. The van der Waals surface area contributed by atoms with Gasteiger partial charge < -0.3 is 5.84 Å². The van der Waals surface area contributed by atoms with Crippen LogP contribution in [0.2, 0.25) is 10.0 Å². The van der Waals surface area contributed by atoms with Gasteiger partial charge >= 0.3 is 0 Å². The van der Waals surface area contributed by atoms with Crippen molar-refractivity contribution in [2.75, 3.05) is 5.84 Å². The number of aromatic nitrogens is 3. The third kappa shape index (κ3) is 4.17. The van der Waals surface area contributed by atoms with Crippen molar-refractivity contribution in [2.45, 2.75) is 37.1 Å². The first-order valence-electron chi connectivity index (χ1n) is 8.14. The third-order valence-electron chi connectivity index (χ3n) is 4.03. The zero-order valence-electron chi connectivity index (χ0n) is 14.8. The molecule has 2 N–H and O–H groups in total. The lowest BCUT2D eigenvalue weighted by molar-refractivity contribution is 0.590. The summed E-state index contributed by atoms with van der Waals surface area (Å²) in [5.74, 6) is 7.52. The van der Waals surface area contributed by atoms with E-state index in [1.807, 2.05) is 24.3 Å². The van der Waals surface area contributed by atoms with Crippen LogP contribution in [-0.4, -0.2) is 14.9 Å². The molecule has 7 heteroatoms. The summed E-state index contributed by atoms with van der Waals surface area (Å²) in [5.41, 5.74) is 3.35. The number of halogens is 2. The minimum Gasteiger partial charge on any atom is -0.335 e. The van der Waals surface area contributed by atoms with Gasteiger partial charge in [0.2, 0.25) is 5.16 Å². The van der Waals surface area contributed by atoms with Crippen LogP contribution in [0.4, 0.5) is 0 Å². The van der Waals surface area contributed by atoms with Gasteiger partial charge in [-0.2, -0.15) is 0 Å². The Kier molecular flexibility index (Phi) is 5.51. The maximum absolute atomic E-state index is 6.20. The predicted molar refractivity (Wildman–Crippen MR) is 110 cm³/mol. The molecule has 0 fully saturated rings. The summed E-state index contributed by atoms with van der Waals surface area (Å²) in [4.78, 5) is 0. The number of nitrogens with two attached hydrogens (primary N) is 1. The number of nitrogens with zero attached hydrogens (tertiary/aromatic N) is 3. The molecule has 1 heterocycles. The minimum absolute atomic E-state index is 0.107. The van der Waals surface area contributed by atoms with E-state index in [1.54, 1.807) is 6.07 Å². The first kappa shape index (κ1) is 19.1. The molecule has 0 radical (unpaired) electrons. The molecule has 0 amide bonds. The van der Waals surface area contributed by atoms with Crippen molar-refractivity contribution in [3.8, 4) is 11.4 Å². The van der Waals surface area contributed by atoms with Crippen LogP contribution in [0.25, 0.3) is 11.4 Å². The van der Waals surface area contributed by atoms with Crippen molar-refractivity contribution in [1.29, 1.82) is 0 Å². The largest absolute Gasteiger partial charge is 0.335 e. The minimum atomic E-state index is 0.107. The zero-order valence-corrected chi connectivity index (χ0v) is 17.2. The lowest BCUT2D eigenvalue weighted by atomic mass is 9.87. The highest BCUT2D eigenvalue weighted by atomic mass is 35.5. The molecule has 26 heavy (non-hydrogen) atoms. The number of hydrogen-bond acceptors (Lipinski definition) is 4. The van der Waals surface area contributed by atoms with Gasteiger partial charge in [-0.3, -0.25) is 0 Å². The van der Waals surface area contributed by atoms with Gasteiger partial charge in [0.15, 0.2) is 5.82 Å². The topological polar surface area (TPSA) is 56.7 Å². The molecule has 0 saturated carbocycles. The van der Waals surface area contributed by atoms with Gasteiger partial charge in [-0.25, -0.2) is 4.68 Å². The van der Waals surface area contributed by atoms with Gasteiger partial charge in [0.25, 0.3) is 0 Å². The number of thioether (sulfide) groups is 1. The van der Waals surface area contributed by atoms with E-state index in [4.69, 9.17) is 29.0 Å². The van der Waals surface area contributed by atoms with Crippen LogP contribution in [0.15, 0.2) is 47.6 Å². The SMILES string of the molecule is CC(C)(C)c1ccc(-c2nnc(SCc3ccc(Cl)c(Cl)c3)n2N)cc1. The van der Waals surface area contributed by atoms with E-state index in [-0.39, 0.29) is 5.41 Å². The van der Waals surface area contributed by atoms with E-state index < -0.39 is 0 Å². The van der Waals surface area contributed by atoms with Crippen molar-refractivity contribution in [1.82, 2.24) is 14.9 Å². The number of nitrogen functional groups attached to an aromatic ring is 1. The lowest BCUT2D eigenvalue weighted by Gasteiger charge is -2.19. The molecular formula is C19H20Cl2N4S. The summed E-state index contributed by atoms with van der Waals surface area (Å²) >= 11 is 13.5. The van der Waals surface area contributed by atoms with Crippen molar-refractivity contribution in [3.05, 3.63) is 63.6 Å². The van der Waals surface area contributed by atoms with Crippen LogP contribution in [0.5, 0.6) is 0 Å². The second kappa shape index (κ2) is 7.51. The highest BCUT2D eigenvalue weighted by Crippen LogP contribution is 2.29. The van der Waals surface area contributed by atoms with Gasteiger partial charge in [0, 0.05) is 11.3 Å². The molecule has 0 spiro atoms. The number of hydrogen-bond donors (Lipinski definition) is 1. The Balaban J connectivity index is 1.76. The van der Waals surface area contributed by atoms with Gasteiger partial charge in [0.1, 0.15) is 0 Å². The average molecular weight is 407 g/mol. The quantitative estimate of drug-likeness (QED) is 0.455. The fourth-order valence-corrected chi connectivity index (χ4v) is 3.59. The van der Waals surface area contributed by atoms with Crippen molar-refractivity contribution >= 4 is 35.0 Å². The third-order valence-corrected chi connectivity index (χ3v) is 5.78. The maximum Gasteiger partial charge on any atom is 0.210 e. The summed E-state index contributed by atoms with van der Waals surface area (Å²) in [7, 11) is 0. The normalized spacial score (nSPS) is 11.7. The maximum atomic E-state index is 6.20. The second-order valence-electron chi connectivity index (χ2n) is 7.04. The van der Waals surface area contributed by atoms with E-state index in [1.165, 1.54) is 22.0 Å². The van der Waals surface area contributed by atoms with Gasteiger partial charge in [-0.1, -0.05) is 86.1 Å². The van der Waals surface area contributed by atoms with Crippen molar-refractivity contribution in [3.63, 3.8) is 0 Å². The summed E-state index contributed by atoms with van der Waals surface area (Å²) < 4.78 is 1.52. The molecule has 2 aromatic carbocycles. The number of rotatable bonds is 4. The van der Waals surface area contributed by atoms with Crippen molar-refractivity contribution < 1.29 is 0 Å². The standard InChI is InChI=1S/C19H20Cl2N4S/c1-19(2,3)14-7-5-13(6-8-14)17-23-24-18(25(17)22)26-11-12-4-9-15(20)16(21)10-12/h4-10H,11,22H2,1-3H3. The highest BCUT2D eigenvalue weighted by Gasteiger charge is 2.16. The number of benzene rings is 2. The molecule has 0 aliphatic heterocycles. The van der Waals surface area contributed by atoms with Crippen molar-refractivity contribution in [2.24, 2.45) is 0 Å². The molecule has 0 aliphatic carbocycles. The molecule has 0 unspecified atom stereocenters. The average Bonchev–Trinajstić information content (AvgIpc) is 2.96. The van der Waals surface area contributed by atoms with E-state index in [0.717, 1.165) is 11.1 Å². The first-order valence-corrected chi connectivity index (χ1v) is 9.88. The Labute approximate surface area is 167 Å². The van der Waals surface area contributed by atoms with Crippen LogP contribution < -0.4 is 5.84 Å². The van der Waals surface area contributed by atoms with Crippen LogP contribution >= 0.6 is 35.0 Å². The summed E-state index contributed by atoms with van der Waals surface area (Å²) in [6.07, 6.45) is 0. The second-order valence-corrected chi connectivity index (χ2v) is 8.80. The fourth-order valence-electron chi connectivity index (χ4n) is 2.47. The molecule has 0 aliphatic rings. The Hall–Kier alpha value is -1.69. The molecule has 3 rings (SSSR count). The Morgan fingerprint density at radius 2 is 1.69 bits per heavy atom. The van der Waals surface area contributed by atoms with Gasteiger partial charge in [-0.05, 0) is 28.7 Å². The zero-order chi connectivity index (χ0) is 18.9. The van der Waals surface area contributed by atoms with Crippen LogP contribution in [0.1, 0.15) is 31.9 Å². The van der Waals surface area contributed by atoms with E-state index in [9.17, 15) is 0 Å². The predicted octanol–water partition coefficient (Wildman–Crippen LogP) is 5.56. The Morgan fingerprint density at radius 3 is 2.31 bits per heavy atom. The van der Waals surface area contributed by atoms with E-state index in [2.05, 4.69) is 43.1 Å². The van der Waals surface area contributed by atoms with Gasteiger partial charge in [0.05, 0.1) is 10.0 Å². The summed E-state index contributed by atoms with van der Waals surface area (Å²) in [5, 5.41) is 10.2. The smallest absolute Gasteiger partial charge is 0.210 e. The van der Waals surface area contributed by atoms with Gasteiger partial charge in [-0.15, -0.1) is 10.2 Å². The molecule has 4 nitrogen and oxygen atoms in total. The van der Waals surface area contributed by atoms with Crippen LogP contribution in [0.3, 0.4) is 0 Å². The summed E-state index contributed by atoms with van der Waals surface area (Å²) in [6.45, 7) is 6.56. The molecule has 0 atom stereocenters. The monoisotopic (exact) mass is 406 g/mol. The molecule has 1 aromatic heterocycles. The molecule has 0 bridgehead atoms. The molecule has 0 saturated heterocycles. The molecular weight excluding hydrogens is 387 g/mol. The highest BCUT2D eigenvalue weighted by molar-refractivity contribution is 7.98. The Morgan fingerprint density at radius 1 is 1.00 bits per heavy atom. The Bertz CT molecular complexity index is 914. The van der Waals surface area contributed by atoms with E-state index >= 15 is 0 Å².